The summed E-state index contributed by atoms with van der Waals surface area (Å²) in [6.07, 6.45) is 3.16. The highest BCUT2D eigenvalue weighted by molar-refractivity contribution is 5.88. The molecule has 0 atom stereocenters. The Morgan fingerprint density at radius 1 is 1.21 bits per heavy atom. The van der Waals surface area contributed by atoms with Gasteiger partial charge < -0.3 is 10.4 Å². The second kappa shape index (κ2) is 5.11. The van der Waals surface area contributed by atoms with E-state index in [1.165, 1.54) is 6.33 Å². The van der Waals surface area contributed by atoms with Crippen LogP contribution in [0.4, 0.5) is 11.5 Å². The Morgan fingerprint density at radius 3 is 2.79 bits per heavy atom. The monoisotopic (exact) mass is 277 g/mol. The summed E-state index contributed by atoms with van der Waals surface area (Å²) in [5.74, 6) is 0.794. The molecule has 0 aliphatic carbocycles. The molecule has 0 saturated heterocycles. The molecular formula is C12H12ClN5O. The maximum Gasteiger partial charge on any atom is 0.163 e. The number of aromatic hydroxyl groups is 1. The first kappa shape index (κ1) is 13.1. The predicted molar refractivity (Wildman–Crippen MR) is 74.9 cm³/mol. The molecule has 1 aromatic carbocycles. The predicted octanol–water partition coefficient (Wildman–Crippen LogP) is 2.23. The largest absolute Gasteiger partial charge is 0.506 e. The van der Waals surface area contributed by atoms with Crippen molar-refractivity contribution in [2.24, 2.45) is 7.05 Å². The van der Waals surface area contributed by atoms with Gasteiger partial charge >= 0.3 is 0 Å². The fraction of sp³-hybridized carbons (Fsp3) is 0.0833. The third-order valence-corrected chi connectivity index (χ3v) is 2.69. The van der Waals surface area contributed by atoms with E-state index < -0.39 is 0 Å². The molecule has 3 rings (SSSR count). The maximum absolute atomic E-state index is 9.72. The molecule has 0 aliphatic heterocycles. The number of rotatable bonds is 2. The second-order valence-corrected chi connectivity index (χ2v) is 3.87. The van der Waals surface area contributed by atoms with Crippen LogP contribution >= 0.6 is 12.4 Å². The fourth-order valence-corrected chi connectivity index (χ4v) is 1.77. The molecule has 3 aromatic rings. The van der Waals surface area contributed by atoms with E-state index in [0.717, 1.165) is 11.0 Å². The number of phenols is 1. The number of hydrogen-bond acceptors (Lipinski definition) is 5. The van der Waals surface area contributed by atoms with Gasteiger partial charge in [-0.25, -0.2) is 9.97 Å². The van der Waals surface area contributed by atoms with E-state index >= 15 is 0 Å². The van der Waals surface area contributed by atoms with Crippen molar-refractivity contribution >= 4 is 34.9 Å². The number of phenolic OH excluding ortho intramolecular Hbond substituents is 1. The SMILES string of the molecule is Cl.Cn1ncc2c(Nc3ccccc3O)ncnc21. The highest BCUT2D eigenvalue weighted by atomic mass is 35.5. The van der Waals surface area contributed by atoms with Crippen molar-refractivity contribution in [2.75, 3.05) is 5.32 Å². The number of anilines is 2. The lowest BCUT2D eigenvalue weighted by molar-refractivity contribution is 0.478. The van der Waals surface area contributed by atoms with E-state index in [1.54, 1.807) is 29.1 Å². The summed E-state index contributed by atoms with van der Waals surface area (Å²) in [6, 6.07) is 6.99. The van der Waals surface area contributed by atoms with Gasteiger partial charge in [-0.3, -0.25) is 4.68 Å². The Kier molecular flexibility index (Phi) is 3.52. The average molecular weight is 278 g/mol. The van der Waals surface area contributed by atoms with Gasteiger partial charge in [-0.15, -0.1) is 12.4 Å². The molecule has 0 saturated carbocycles. The zero-order chi connectivity index (χ0) is 12.5. The Morgan fingerprint density at radius 2 is 2.00 bits per heavy atom. The summed E-state index contributed by atoms with van der Waals surface area (Å²) >= 11 is 0. The summed E-state index contributed by atoms with van der Waals surface area (Å²) in [5.41, 5.74) is 1.34. The molecule has 0 aliphatic rings. The Balaban J connectivity index is 0.00000133. The lowest BCUT2D eigenvalue weighted by Crippen LogP contribution is -1.97. The Labute approximate surface area is 115 Å². The van der Waals surface area contributed by atoms with Crippen molar-refractivity contribution in [1.82, 2.24) is 19.7 Å². The van der Waals surface area contributed by atoms with Gasteiger partial charge in [-0.1, -0.05) is 12.1 Å². The Bertz CT molecular complexity index is 712. The zero-order valence-electron chi connectivity index (χ0n) is 10.1. The molecule has 0 unspecified atom stereocenters. The summed E-state index contributed by atoms with van der Waals surface area (Å²) in [7, 11) is 1.82. The maximum atomic E-state index is 9.72. The topological polar surface area (TPSA) is 75.9 Å². The van der Waals surface area contributed by atoms with E-state index in [9.17, 15) is 5.11 Å². The third-order valence-electron chi connectivity index (χ3n) is 2.69. The molecule has 0 bridgehead atoms. The van der Waals surface area contributed by atoms with Crippen LogP contribution in [0.1, 0.15) is 0 Å². The van der Waals surface area contributed by atoms with E-state index in [-0.39, 0.29) is 18.2 Å². The molecule has 6 nitrogen and oxygen atoms in total. The number of halogens is 1. The van der Waals surface area contributed by atoms with E-state index in [4.69, 9.17) is 0 Å². The molecule has 0 amide bonds. The van der Waals surface area contributed by atoms with Crippen LogP contribution in [0.25, 0.3) is 11.0 Å². The minimum atomic E-state index is 0. The van der Waals surface area contributed by atoms with E-state index in [0.29, 0.717) is 11.5 Å². The van der Waals surface area contributed by atoms with Crippen molar-refractivity contribution < 1.29 is 5.11 Å². The number of aromatic nitrogens is 4. The summed E-state index contributed by atoms with van der Waals surface area (Å²) in [5, 5.41) is 17.7. The van der Waals surface area contributed by atoms with Crippen LogP contribution in [0.15, 0.2) is 36.8 Å². The smallest absolute Gasteiger partial charge is 0.163 e. The molecule has 7 heteroatoms. The van der Waals surface area contributed by atoms with Crippen LogP contribution in [0.3, 0.4) is 0 Å². The number of fused-ring (bicyclic) bond motifs is 1. The van der Waals surface area contributed by atoms with E-state index in [2.05, 4.69) is 20.4 Å². The molecule has 2 aromatic heterocycles. The van der Waals surface area contributed by atoms with Gasteiger partial charge in [0.2, 0.25) is 0 Å². The lowest BCUT2D eigenvalue weighted by Gasteiger charge is -2.07. The molecular weight excluding hydrogens is 266 g/mol. The molecule has 0 radical (unpaired) electrons. The lowest BCUT2D eigenvalue weighted by atomic mass is 10.3. The number of para-hydroxylation sites is 2. The van der Waals surface area contributed by atoms with Gasteiger partial charge in [-0.2, -0.15) is 5.10 Å². The Hall–Kier alpha value is -2.34. The highest BCUT2D eigenvalue weighted by Gasteiger charge is 2.09. The van der Waals surface area contributed by atoms with Gasteiger partial charge in [-0.05, 0) is 12.1 Å². The van der Waals surface area contributed by atoms with Crippen LogP contribution in [-0.2, 0) is 7.05 Å². The molecule has 0 fully saturated rings. The van der Waals surface area contributed by atoms with Gasteiger partial charge in [0.05, 0.1) is 17.3 Å². The minimum absolute atomic E-state index is 0. The van der Waals surface area contributed by atoms with Crippen LogP contribution in [0.2, 0.25) is 0 Å². The molecule has 2 heterocycles. The third kappa shape index (κ3) is 2.30. The normalized spacial score (nSPS) is 10.2. The standard InChI is InChI=1S/C12H11N5O.ClH/c1-17-12-8(6-15-17)11(13-7-14-12)16-9-4-2-3-5-10(9)18;/h2-7,18H,1H3,(H,13,14,16);1H. The molecule has 0 spiro atoms. The number of nitrogens with one attached hydrogen (secondary N) is 1. The van der Waals surface area contributed by atoms with Crippen molar-refractivity contribution in [3.63, 3.8) is 0 Å². The minimum Gasteiger partial charge on any atom is -0.506 e. The first-order valence-corrected chi connectivity index (χ1v) is 5.43. The van der Waals surface area contributed by atoms with Gasteiger partial charge in [0.1, 0.15) is 17.9 Å². The van der Waals surface area contributed by atoms with Crippen LogP contribution in [0.5, 0.6) is 5.75 Å². The van der Waals surface area contributed by atoms with Crippen molar-refractivity contribution in [3.8, 4) is 5.75 Å². The number of aryl methyl sites for hydroxylation is 1. The number of benzene rings is 1. The fourth-order valence-electron chi connectivity index (χ4n) is 1.77. The van der Waals surface area contributed by atoms with Gasteiger partial charge in [0.25, 0.3) is 0 Å². The van der Waals surface area contributed by atoms with Gasteiger partial charge in [0, 0.05) is 7.05 Å². The first-order valence-electron chi connectivity index (χ1n) is 5.43. The quantitative estimate of drug-likeness (QED) is 0.703. The van der Waals surface area contributed by atoms with Crippen LogP contribution in [-0.4, -0.2) is 24.9 Å². The van der Waals surface area contributed by atoms with Crippen LogP contribution < -0.4 is 5.32 Å². The van der Waals surface area contributed by atoms with Crippen molar-refractivity contribution in [3.05, 3.63) is 36.8 Å². The summed E-state index contributed by atoms with van der Waals surface area (Å²) < 4.78 is 1.67. The molecule has 2 N–H and O–H groups in total. The average Bonchev–Trinajstić information content (AvgIpc) is 2.76. The van der Waals surface area contributed by atoms with Gasteiger partial charge in [0.15, 0.2) is 5.65 Å². The first-order chi connectivity index (χ1) is 8.75. The number of nitrogens with zero attached hydrogens (tertiary/aromatic N) is 4. The highest BCUT2D eigenvalue weighted by Crippen LogP contribution is 2.27. The number of hydrogen-bond donors (Lipinski definition) is 2. The molecule has 98 valence electrons. The summed E-state index contributed by atoms with van der Waals surface area (Å²) in [4.78, 5) is 8.32. The summed E-state index contributed by atoms with van der Waals surface area (Å²) in [6.45, 7) is 0. The van der Waals surface area contributed by atoms with Crippen LogP contribution in [0, 0.1) is 0 Å². The van der Waals surface area contributed by atoms with E-state index in [1.807, 2.05) is 13.1 Å². The molecule has 19 heavy (non-hydrogen) atoms. The van der Waals surface area contributed by atoms with Crippen molar-refractivity contribution in [2.45, 2.75) is 0 Å². The second-order valence-electron chi connectivity index (χ2n) is 3.87. The van der Waals surface area contributed by atoms with Crippen molar-refractivity contribution in [1.29, 1.82) is 0 Å². The zero-order valence-corrected chi connectivity index (χ0v) is 10.9.